The first kappa shape index (κ1) is 167. The molecule has 20 heteroatoms. The van der Waals surface area contributed by atoms with Crippen molar-refractivity contribution in [1.29, 1.82) is 63.1 Å². The molecule has 0 radical (unpaired) electrons. The van der Waals surface area contributed by atoms with Crippen molar-refractivity contribution in [3.63, 3.8) is 0 Å². The number of aliphatic hydroxyl groups is 2. The second-order valence-electron chi connectivity index (χ2n) is 1.06. The molecule has 37 heavy (non-hydrogen) atoms. The van der Waals surface area contributed by atoms with Crippen molar-refractivity contribution in [2.75, 3.05) is 26.4 Å². The summed E-state index contributed by atoms with van der Waals surface area (Å²) in [6.07, 6.45) is 0. The molecule has 0 saturated carbocycles. The van der Waals surface area contributed by atoms with Crippen LogP contribution < -0.4 is 0 Å². The Hall–Kier alpha value is -3.33. The summed E-state index contributed by atoms with van der Waals surface area (Å²) in [7, 11) is 0. The summed E-state index contributed by atoms with van der Waals surface area (Å²) in [4.78, 5) is 0. The van der Waals surface area contributed by atoms with Crippen LogP contribution >= 0.6 is 0 Å². The van der Waals surface area contributed by atoms with Crippen LogP contribution in [0.2, 0.25) is 0 Å². The standard InChI is InChI=1S/C4H10O3.12CN.CH3.2Fe.3Zn/c5-1-3-7-4-2-6;12*1-2;;;;;;/h5-6H,1-4H2;;;;;;;;;;;;;1H3;;;;;/q;13*-1;2*+6;;;. The van der Waals surface area contributed by atoms with E-state index in [1.165, 1.54) is 0 Å². The Kier molecular flexibility index (Phi) is 53100. The smallest absolute Gasteiger partial charge is 0.512 e. The van der Waals surface area contributed by atoms with E-state index in [4.69, 9.17) is 152 Å². The minimum atomic E-state index is 0. The molecule has 0 aromatic carbocycles. The van der Waals surface area contributed by atoms with E-state index in [0.29, 0.717) is 13.2 Å². The van der Waals surface area contributed by atoms with Crippen LogP contribution in [0.25, 0.3) is 0 Å². The first-order chi connectivity index (χ1) is 15.4. The van der Waals surface area contributed by atoms with Crippen LogP contribution in [0.1, 0.15) is 0 Å². The second kappa shape index (κ2) is 11800. The van der Waals surface area contributed by atoms with Crippen molar-refractivity contribution < 1.29 is 108 Å². The van der Waals surface area contributed by atoms with E-state index in [1.54, 1.807) is 0 Å². The molecule has 2 N–H and O–H groups in total. The zero-order chi connectivity index (χ0) is 29.5. The molecule has 0 aliphatic heterocycles. The quantitative estimate of drug-likeness (QED) is 0.226. The summed E-state index contributed by atoms with van der Waals surface area (Å²) in [6, 6.07) is 0. The van der Waals surface area contributed by atoms with E-state index in [2.05, 4.69) is 4.74 Å². The van der Waals surface area contributed by atoms with Gasteiger partial charge in [-0.2, -0.15) is 0 Å². The van der Waals surface area contributed by atoms with Gasteiger partial charge in [-0.1, -0.05) is 0 Å². The number of rotatable bonds is 4. The first-order valence-corrected chi connectivity index (χ1v) is 4.89. The van der Waals surface area contributed by atoms with Crippen LogP contribution in [0, 0.1) is 149 Å². The molecule has 0 unspecified atom stereocenters. The maximum Gasteiger partial charge on any atom is 6.00 e. The van der Waals surface area contributed by atoms with Gasteiger partial charge >= 0.3 is 34.1 Å². The van der Waals surface area contributed by atoms with Gasteiger partial charge in [-0.25, -0.2) is 0 Å². The Bertz CT molecular complexity index is 318. The molecule has 0 atom stereocenters. The largest absolute Gasteiger partial charge is 6.00 e. The van der Waals surface area contributed by atoms with Crippen molar-refractivity contribution in [2.45, 2.75) is 0 Å². The van der Waals surface area contributed by atoms with E-state index in [0.717, 1.165) is 0 Å². The number of hydrogen-bond acceptors (Lipinski definition) is 15. The zero-order valence-electron chi connectivity index (χ0n) is 19.3. The Labute approximate surface area is 281 Å². The number of hydrogen-bond donors (Lipinski definition) is 2. The third kappa shape index (κ3) is 68600. The molecule has 0 aliphatic carbocycles. The van der Waals surface area contributed by atoms with Gasteiger partial charge in [-0.05, 0) is 0 Å². The number of nitrogens with zero attached hydrogens (tertiary/aromatic N) is 12. The zero-order valence-corrected chi connectivity index (χ0v) is 30.4. The van der Waals surface area contributed by atoms with Gasteiger partial charge in [0.15, 0.2) is 0 Å². The molecule has 0 aromatic heterocycles. The third-order valence-corrected chi connectivity index (χ3v) is 0.471. The molecule has 0 aliphatic rings. The van der Waals surface area contributed by atoms with Gasteiger partial charge in [0, 0.05) is 58.4 Å². The fourth-order valence-electron chi connectivity index (χ4n) is 0.231. The fourth-order valence-corrected chi connectivity index (χ4v) is 0.231. The maximum absolute atomic E-state index is 8.09. The van der Waals surface area contributed by atoms with Gasteiger partial charge in [-0.15, -0.1) is 0 Å². The summed E-state index contributed by atoms with van der Waals surface area (Å²) in [5.74, 6) is 0. The molecule has 0 bridgehead atoms. The van der Waals surface area contributed by atoms with Gasteiger partial charge in [0.2, 0.25) is 0 Å². The van der Waals surface area contributed by atoms with Gasteiger partial charge in [0.1, 0.15) is 0 Å². The van der Waals surface area contributed by atoms with Crippen molar-refractivity contribution in [3.8, 4) is 0 Å². The van der Waals surface area contributed by atoms with Crippen molar-refractivity contribution in [3.05, 3.63) is 86.3 Å². The predicted molar refractivity (Wildman–Crippen MR) is 91.0 cm³/mol. The number of aliphatic hydroxyl groups excluding tert-OH is 2. The molecule has 0 fully saturated rings. The monoisotopic (exact) mass is 737 g/mol. The van der Waals surface area contributed by atoms with Crippen LogP contribution in [0.5, 0.6) is 0 Å². The fraction of sp³-hybridized carbons (Fsp3) is 0.235. The molecule has 0 amide bonds. The minimum absolute atomic E-state index is 0. The van der Waals surface area contributed by atoms with E-state index in [9.17, 15) is 0 Å². The molecular weight excluding hydrogens is 728 g/mol. The Morgan fingerprint density at radius 3 is 0.486 bits per heavy atom. The first-order valence-electron chi connectivity index (χ1n) is 4.89. The summed E-state index contributed by atoms with van der Waals surface area (Å²) < 4.78 is 4.63. The second-order valence-corrected chi connectivity index (χ2v) is 1.06. The summed E-state index contributed by atoms with van der Waals surface area (Å²) in [6.45, 7) is 57.7. The molecule has 0 saturated heterocycles. The molecule has 182 valence electrons. The maximum atomic E-state index is 8.09. The predicted octanol–water partition coefficient (Wildman–Crippen LogP) is 0.582. The average Bonchev–Trinajstić information content (AvgIpc) is 2.98. The molecule has 15 nitrogen and oxygen atoms in total. The molecule has 0 spiro atoms. The van der Waals surface area contributed by atoms with Crippen LogP contribution in [0.3, 0.4) is 0 Å². The van der Waals surface area contributed by atoms with Crippen molar-refractivity contribution in [2.24, 2.45) is 0 Å². The normalized spacial score (nSPS) is 2.43. The van der Waals surface area contributed by atoms with E-state index in [-0.39, 0.29) is 113 Å². The van der Waals surface area contributed by atoms with E-state index >= 15 is 0 Å². The Morgan fingerprint density at radius 2 is 0.432 bits per heavy atom. The van der Waals surface area contributed by atoms with Crippen LogP contribution in [0.4, 0.5) is 0 Å². The van der Waals surface area contributed by atoms with Crippen molar-refractivity contribution >= 4 is 0 Å². The molecule has 0 rings (SSSR count). The van der Waals surface area contributed by atoms with Crippen LogP contribution in [0.15, 0.2) is 0 Å². The SMILES string of the molecule is OCCOCCO.[C-]#N.[C-]#N.[C-]#N.[C-]#N.[C-]#N.[C-]#N.[C-]#N.[C-]#N.[C-]#N.[C-]#N.[C-]#N.[C-]#N.[CH3-].[Fe+6].[Fe+6].[Zn].[Zn].[Zn]. The van der Waals surface area contributed by atoms with E-state index < -0.39 is 0 Å². The topological polar surface area (TPSA) is 335 Å². The van der Waals surface area contributed by atoms with Gasteiger partial charge in [-0.3, -0.25) is 0 Å². The van der Waals surface area contributed by atoms with Gasteiger partial charge < -0.3 is 164 Å². The van der Waals surface area contributed by atoms with E-state index in [1.807, 2.05) is 0 Å². The summed E-state index contributed by atoms with van der Waals surface area (Å²) >= 11 is 0. The summed E-state index contributed by atoms with van der Waals surface area (Å²) in [5, 5.41) is 91.2. The minimum Gasteiger partial charge on any atom is -0.512 e. The summed E-state index contributed by atoms with van der Waals surface area (Å²) in [5.41, 5.74) is 0. The molecule has 0 heterocycles. The number of ether oxygens (including phenoxy) is 1. The Morgan fingerprint density at radius 1 is 0.351 bits per heavy atom. The third-order valence-electron chi connectivity index (χ3n) is 0.471. The Balaban J connectivity index is -0.00000000575. The van der Waals surface area contributed by atoms with Gasteiger partial charge in [0.05, 0.1) is 26.4 Å². The van der Waals surface area contributed by atoms with Crippen LogP contribution in [-0.4, -0.2) is 36.6 Å². The molecule has 0 aromatic rings. The molecular formula is C17H13Fe2N12O3Zn3-. The average molecular weight is 741 g/mol. The van der Waals surface area contributed by atoms with Gasteiger partial charge in [0.25, 0.3) is 0 Å². The van der Waals surface area contributed by atoms with Crippen molar-refractivity contribution in [1.82, 2.24) is 0 Å². The van der Waals surface area contributed by atoms with Crippen LogP contribution in [-0.2, 0) is 97.3 Å².